The smallest absolute Gasteiger partial charge is 0.116 e. The van der Waals surface area contributed by atoms with Gasteiger partial charge >= 0.3 is 0 Å². The van der Waals surface area contributed by atoms with Crippen molar-refractivity contribution in [2.24, 2.45) is 0 Å². The summed E-state index contributed by atoms with van der Waals surface area (Å²) in [6.07, 6.45) is 7.96. The van der Waals surface area contributed by atoms with Crippen LogP contribution in [0.15, 0.2) is 12.4 Å². The molecule has 3 nitrogen and oxygen atoms in total. The molecular weight excluding hydrogens is 152 g/mol. The van der Waals surface area contributed by atoms with Gasteiger partial charge in [0.05, 0.1) is 12.8 Å². The Hall–Kier alpha value is -0.960. The topological polar surface area (TPSA) is 45.7 Å². The molecule has 0 bridgehead atoms. The van der Waals surface area contributed by atoms with E-state index in [0.29, 0.717) is 0 Å². The number of aryl methyl sites for hydroxylation is 1. The second-order valence-electron chi connectivity index (χ2n) is 2.65. The molecule has 1 rings (SSSR count). The summed E-state index contributed by atoms with van der Waals surface area (Å²) in [4.78, 5) is 7.76. The Morgan fingerprint density at radius 3 is 2.92 bits per heavy atom. The van der Waals surface area contributed by atoms with Crippen LogP contribution >= 0.6 is 0 Å². The zero-order chi connectivity index (χ0) is 8.65. The van der Waals surface area contributed by atoms with E-state index in [1.54, 1.807) is 6.07 Å². The highest BCUT2D eigenvalue weighted by atomic mass is 16.2. The van der Waals surface area contributed by atoms with E-state index in [2.05, 4.69) is 16.2 Å². The summed E-state index contributed by atoms with van der Waals surface area (Å²) in [5.74, 6) is 0. The van der Waals surface area contributed by atoms with Gasteiger partial charge in [0.2, 0.25) is 0 Å². The van der Waals surface area contributed by atoms with Crippen molar-refractivity contribution in [3.63, 3.8) is 0 Å². The number of aromatic nitrogens is 2. The number of nitrogens with zero attached hydrogens (tertiary/aromatic N) is 2. The quantitative estimate of drug-likeness (QED) is 0.618. The molecule has 1 heterocycles. The van der Waals surface area contributed by atoms with Gasteiger partial charge in [0, 0.05) is 5.69 Å². The maximum atomic E-state index is 10.1. The molecular formula is C9H12N2O. The predicted octanol–water partition coefficient (Wildman–Crippen LogP) is 1.42. The molecule has 2 radical (unpaired) electrons. The van der Waals surface area contributed by atoms with Crippen LogP contribution in [0.25, 0.3) is 0 Å². The van der Waals surface area contributed by atoms with Gasteiger partial charge < -0.3 is 0 Å². The Labute approximate surface area is 72.5 Å². The summed E-state index contributed by atoms with van der Waals surface area (Å²) in [7, 11) is 0. The lowest BCUT2D eigenvalue weighted by Crippen LogP contribution is -1.91. The van der Waals surface area contributed by atoms with Gasteiger partial charge in [0.15, 0.2) is 0 Å². The van der Waals surface area contributed by atoms with Crippen LogP contribution in [0.1, 0.15) is 25.0 Å². The lowest BCUT2D eigenvalue weighted by molar-refractivity contribution is 0.186. The van der Waals surface area contributed by atoms with Crippen LogP contribution in [-0.2, 0) is 11.5 Å². The second-order valence-corrected chi connectivity index (χ2v) is 2.65. The van der Waals surface area contributed by atoms with Gasteiger partial charge in [0.1, 0.15) is 6.33 Å². The second kappa shape index (κ2) is 5.66. The average molecular weight is 164 g/mol. The highest BCUT2D eigenvalue weighted by molar-refractivity contribution is 4.96. The summed E-state index contributed by atoms with van der Waals surface area (Å²) in [5.41, 5.74) is 1.01. The van der Waals surface area contributed by atoms with Gasteiger partial charge in [-0.15, -0.1) is 0 Å². The van der Waals surface area contributed by atoms with Crippen LogP contribution in [0.3, 0.4) is 0 Å². The number of hydrogen-bond acceptors (Lipinski definition) is 2. The molecule has 3 heteroatoms. The van der Waals surface area contributed by atoms with Crippen LogP contribution in [0.5, 0.6) is 0 Å². The third kappa shape index (κ3) is 3.44. The molecule has 0 amide bonds. The van der Waals surface area contributed by atoms with E-state index in [1.165, 1.54) is 6.33 Å². The third-order valence-corrected chi connectivity index (χ3v) is 1.66. The summed E-state index contributed by atoms with van der Waals surface area (Å²) in [6, 6.07) is 1.79. The molecule has 1 aromatic heterocycles. The first-order valence-electron chi connectivity index (χ1n) is 4.18. The van der Waals surface area contributed by atoms with Crippen molar-refractivity contribution in [2.45, 2.75) is 25.7 Å². The summed E-state index contributed by atoms with van der Waals surface area (Å²) < 4.78 is 0. The maximum Gasteiger partial charge on any atom is 0.116 e. The Balaban J connectivity index is 2.16. The van der Waals surface area contributed by atoms with Crippen LogP contribution in [0.4, 0.5) is 0 Å². The van der Waals surface area contributed by atoms with E-state index >= 15 is 0 Å². The molecule has 0 aromatic carbocycles. The van der Waals surface area contributed by atoms with Crippen molar-refractivity contribution >= 4 is 0 Å². The van der Waals surface area contributed by atoms with E-state index < -0.39 is 0 Å². The summed E-state index contributed by atoms with van der Waals surface area (Å²) >= 11 is 0. The molecule has 0 aliphatic carbocycles. The fourth-order valence-electron chi connectivity index (χ4n) is 1.01. The van der Waals surface area contributed by atoms with Crippen molar-refractivity contribution in [3.8, 4) is 0 Å². The normalized spacial score (nSPS) is 10.1. The Kier molecular flexibility index (Phi) is 4.31. The van der Waals surface area contributed by atoms with Crippen molar-refractivity contribution in [1.29, 1.82) is 0 Å². The molecule has 0 saturated heterocycles. The number of unbranched alkanes of at least 4 members (excludes halogenated alkanes) is 2. The Morgan fingerprint density at radius 1 is 1.33 bits per heavy atom. The zero-order valence-corrected chi connectivity index (χ0v) is 6.99. The molecule has 0 N–H and O–H groups in total. The van der Waals surface area contributed by atoms with E-state index in [0.717, 1.165) is 31.4 Å². The highest BCUT2D eigenvalue weighted by Gasteiger charge is 1.93. The van der Waals surface area contributed by atoms with E-state index in [1.807, 2.05) is 0 Å². The molecule has 0 unspecified atom stereocenters. The Bertz CT molecular complexity index is 201. The summed E-state index contributed by atoms with van der Waals surface area (Å²) in [6.45, 7) is 0.0376. The molecule has 0 aliphatic heterocycles. The lowest BCUT2D eigenvalue weighted by Gasteiger charge is -1.97. The third-order valence-electron chi connectivity index (χ3n) is 1.66. The molecule has 0 fully saturated rings. The van der Waals surface area contributed by atoms with Crippen LogP contribution < -0.4 is 0 Å². The molecule has 0 spiro atoms. The first kappa shape index (κ1) is 9.13. The van der Waals surface area contributed by atoms with Crippen LogP contribution in [0, 0.1) is 6.20 Å². The van der Waals surface area contributed by atoms with E-state index in [9.17, 15) is 5.11 Å². The van der Waals surface area contributed by atoms with Crippen LogP contribution in [-0.4, -0.2) is 16.6 Å². The lowest BCUT2D eigenvalue weighted by atomic mass is 10.1. The van der Waals surface area contributed by atoms with E-state index in [-0.39, 0.29) is 6.61 Å². The minimum Gasteiger partial charge on any atom is -0.241 e. The van der Waals surface area contributed by atoms with Gasteiger partial charge in [-0.1, -0.05) is 6.42 Å². The molecule has 0 saturated carbocycles. The number of hydrogen-bond donors (Lipinski definition) is 0. The fourth-order valence-corrected chi connectivity index (χ4v) is 1.01. The van der Waals surface area contributed by atoms with Crippen molar-refractivity contribution < 1.29 is 5.11 Å². The zero-order valence-electron chi connectivity index (χ0n) is 6.99. The van der Waals surface area contributed by atoms with Crippen molar-refractivity contribution in [2.75, 3.05) is 6.61 Å². The average Bonchev–Trinajstić information content (AvgIpc) is 2.14. The predicted molar refractivity (Wildman–Crippen MR) is 44.0 cm³/mol. The molecule has 64 valence electrons. The van der Waals surface area contributed by atoms with Gasteiger partial charge in [-0.05, 0) is 25.3 Å². The molecule has 0 atom stereocenters. The summed E-state index contributed by atoms with van der Waals surface area (Å²) in [5, 5.41) is 10.1. The maximum absolute atomic E-state index is 10.1. The van der Waals surface area contributed by atoms with Gasteiger partial charge in [-0.3, -0.25) is 0 Å². The number of rotatable bonds is 5. The van der Waals surface area contributed by atoms with Crippen LogP contribution in [0.2, 0.25) is 0 Å². The van der Waals surface area contributed by atoms with Gasteiger partial charge in [-0.25, -0.2) is 15.1 Å². The van der Waals surface area contributed by atoms with Gasteiger partial charge in [-0.2, -0.15) is 0 Å². The minimum atomic E-state index is 0.0376. The van der Waals surface area contributed by atoms with E-state index in [4.69, 9.17) is 0 Å². The van der Waals surface area contributed by atoms with Crippen molar-refractivity contribution in [1.82, 2.24) is 9.97 Å². The largest absolute Gasteiger partial charge is 0.241 e. The first-order chi connectivity index (χ1) is 5.93. The highest BCUT2D eigenvalue weighted by Crippen LogP contribution is 2.01. The molecule has 12 heavy (non-hydrogen) atoms. The fraction of sp³-hybridized carbons (Fsp3) is 0.556. The van der Waals surface area contributed by atoms with Crippen molar-refractivity contribution in [3.05, 3.63) is 24.3 Å². The first-order valence-corrected chi connectivity index (χ1v) is 4.18. The molecule has 0 aliphatic rings. The van der Waals surface area contributed by atoms with Gasteiger partial charge in [0.25, 0.3) is 0 Å². The SMILES string of the molecule is [O]CCCCCc1c[c]ncn1. The molecule has 1 aromatic rings. The standard InChI is InChI=1S/C9H12N2O/c12-7-3-1-2-4-9-5-6-10-8-11-9/h5,8H,1-4,7H2. The monoisotopic (exact) mass is 164 g/mol. The minimum absolute atomic E-state index is 0.0376. The Morgan fingerprint density at radius 2 is 2.25 bits per heavy atom.